The van der Waals surface area contributed by atoms with Crippen LogP contribution in [0.1, 0.15) is 37.0 Å². The number of piperidine rings is 1. The minimum Gasteiger partial charge on any atom is -0.373 e. The zero-order valence-corrected chi connectivity index (χ0v) is 17.1. The summed E-state index contributed by atoms with van der Waals surface area (Å²) in [6.45, 7) is 4.36. The number of halogens is 3. The number of nitrogens with one attached hydrogen (secondary N) is 2. The zero-order chi connectivity index (χ0) is 19.7. The lowest BCUT2D eigenvalue weighted by atomic mass is 9.74. The Bertz CT molecular complexity index is 968. The Morgan fingerprint density at radius 2 is 1.89 bits per heavy atom. The van der Waals surface area contributed by atoms with Gasteiger partial charge in [-0.3, -0.25) is 5.10 Å². The molecule has 0 amide bonds. The number of H-pyrrole nitrogens is 1. The van der Waals surface area contributed by atoms with E-state index in [9.17, 15) is 4.39 Å². The third kappa shape index (κ3) is 3.77. The quantitative estimate of drug-likeness (QED) is 0.578. The first-order valence-corrected chi connectivity index (χ1v) is 10.2. The van der Waals surface area contributed by atoms with Gasteiger partial charge in [0.05, 0.1) is 18.2 Å². The molecule has 2 heterocycles. The molecule has 0 unspecified atom stereocenters. The molecule has 1 saturated heterocycles. The van der Waals surface area contributed by atoms with Gasteiger partial charge in [0.1, 0.15) is 5.82 Å². The van der Waals surface area contributed by atoms with E-state index in [-0.39, 0.29) is 17.3 Å². The minimum absolute atomic E-state index is 0.142. The summed E-state index contributed by atoms with van der Waals surface area (Å²) >= 11 is 12.4. The second kappa shape index (κ2) is 7.99. The second-order valence-electron chi connectivity index (χ2n) is 7.42. The summed E-state index contributed by atoms with van der Waals surface area (Å²) in [6.07, 6.45) is 1.67. The van der Waals surface area contributed by atoms with Crippen LogP contribution in [0.5, 0.6) is 0 Å². The highest BCUT2D eigenvalue weighted by atomic mass is 35.5. The maximum absolute atomic E-state index is 13.4. The van der Waals surface area contributed by atoms with Crippen molar-refractivity contribution in [3.05, 3.63) is 63.5 Å². The highest BCUT2D eigenvalue weighted by Gasteiger charge is 2.35. The van der Waals surface area contributed by atoms with Crippen molar-refractivity contribution < 1.29 is 9.13 Å². The van der Waals surface area contributed by atoms with E-state index < -0.39 is 0 Å². The smallest absolute Gasteiger partial charge is 0.158 e. The Morgan fingerprint density at radius 1 is 1.18 bits per heavy atom. The number of nitrogens with zero attached hydrogens (tertiary/aromatic N) is 1. The molecule has 1 atom stereocenters. The predicted octanol–water partition coefficient (Wildman–Crippen LogP) is 5.41. The Kier molecular flexibility index (Phi) is 5.61. The van der Waals surface area contributed by atoms with Gasteiger partial charge in [0, 0.05) is 21.4 Å². The van der Waals surface area contributed by atoms with Crippen LogP contribution in [0.3, 0.4) is 0 Å². The SMILES string of the molecule is C[C@@H](OCC1(c2ccc(F)cc2)CCNCC1)c1cc(Cl)cc2c(Cl)n[nH]c12. The van der Waals surface area contributed by atoms with Crippen LogP contribution in [0.25, 0.3) is 10.9 Å². The van der Waals surface area contributed by atoms with Crippen molar-refractivity contribution in [2.45, 2.75) is 31.3 Å². The van der Waals surface area contributed by atoms with Crippen LogP contribution in [-0.4, -0.2) is 29.9 Å². The molecule has 2 aromatic carbocycles. The Labute approximate surface area is 173 Å². The number of ether oxygens (including phenoxy) is 1. The second-order valence-corrected chi connectivity index (χ2v) is 8.22. The number of rotatable bonds is 5. The van der Waals surface area contributed by atoms with Gasteiger partial charge in [-0.2, -0.15) is 5.10 Å². The lowest BCUT2D eigenvalue weighted by molar-refractivity contribution is 0.0172. The third-order valence-corrected chi connectivity index (χ3v) is 6.19. The van der Waals surface area contributed by atoms with E-state index >= 15 is 0 Å². The van der Waals surface area contributed by atoms with Crippen molar-refractivity contribution in [3.8, 4) is 0 Å². The molecule has 7 heteroatoms. The Hall–Kier alpha value is -1.66. The van der Waals surface area contributed by atoms with Gasteiger partial charge in [-0.1, -0.05) is 35.3 Å². The molecule has 0 radical (unpaired) electrons. The number of hydrogen-bond donors (Lipinski definition) is 2. The summed E-state index contributed by atoms with van der Waals surface area (Å²) in [4.78, 5) is 0. The van der Waals surface area contributed by atoms with E-state index in [1.165, 1.54) is 12.1 Å². The predicted molar refractivity (Wildman–Crippen MR) is 111 cm³/mol. The highest BCUT2D eigenvalue weighted by Crippen LogP contribution is 2.37. The number of fused-ring (bicyclic) bond motifs is 1. The number of benzene rings is 2. The molecule has 0 aliphatic carbocycles. The molecule has 1 fully saturated rings. The number of aromatic nitrogens is 2. The standard InChI is InChI=1S/C21H22Cl2FN3O/c1-13(17-10-15(22)11-18-19(17)26-27-20(18)23)28-12-21(6-8-25-9-7-21)14-2-4-16(24)5-3-14/h2-5,10-11,13,25H,6-9,12H2,1H3,(H,26,27)/t13-/m1/s1. The maximum atomic E-state index is 13.4. The van der Waals surface area contributed by atoms with Crippen LogP contribution in [-0.2, 0) is 10.2 Å². The maximum Gasteiger partial charge on any atom is 0.158 e. The van der Waals surface area contributed by atoms with Crippen LogP contribution >= 0.6 is 23.2 Å². The first kappa shape index (κ1) is 19.6. The van der Waals surface area contributed by atoms with Gasteiger partial charge in [-0.25, -0.2) is 4.39 Å². The van der Waals surface area contributed by atoms with Crippen molar-refractivity contribution >= 4 is 34.1 Å². The fourth-order valence-corrected chi connectivity index (χ4v) is 4.42. The van der Waals surface area contributed by atoms with Gasteiger partial charge in [0.2, 0.25) is 0 Å². The van der Waals surface area contributed by atoms with E-state index in [0.717, 1.165) is 48.0 Å². The molecule has 0 saturated carbocycles. The minimum atomic E-state index is -0.223. The lowest BCUT2D eigenvalue weighted by Gasteiger charge is -2.38. The van der Waals surface area contributed by atoms with Crippen LogP contribution in [0.2, 0.25) is 10.2 Å². The van der Waals surface area contributed by atoms with Crippen molar-refractivity contribution in [3.63, 3.8) is 0 Å². The average molecular weight is 422 g/mol. The molecule has 148 valence electrons. The third-order valence-electron chi connectivity index (χ3n) is 5.69. The molecular weight excluding hydrogens is 400 g/mol. The molecule has 2 N–H and O–H groups in total. The van der Waals surface area contributed by atoms with Crippen molar-refractivity contribution in [1.29, 1.82) is 0 Å². The zero-order valence-electron chi connectivity index (χ0n) is 15.6. The molecule has 1 aliphatic rings. The van der Waals surface area contributed by atoms with Gasteiger partial charge in [-0.05, 0) is 62.7 Å². The molecule has 0 spiro atoms. The van der Waals surface area contributed by atoms with E-state index in [2.05, 4.69) is 15.5 Å². The molecule has 1 aromatic heterocycles. The van der Waals surface area contributed by atoms with Crippen LogP contribution in [0.4, 0.5) is 4.39 Å². The first-order valence-electron chi connectivity index (χ1n) is 9.40. The van der Waals surface area contributed by atoms with Gasteiger partial charge >= 0.3 is 0 Å². The molecular formula is C21H22Cl2FN3O. The van der Waals surface area contributed by atoms with Crippen molar-refractivity contribution in [2.75, 3.05) is 19.7 Å². The average Bonchev–Trinajstić information content (AvgIpc) is 3.07. The summed E-state index contributed by atoms with van der Waals surface area (Å²) in [5.41, 5.74) is 2.73. The fourth-order valence-electron chi connectivity index (χ4n) is 4.00. The summed E-state index contributed by atoms with van der Waals surface area (Å²) in [7, 11) is 0. The summed E-state index contributed by atoms with van der Waals surface area (Å²) in [5.74, 6) is -0.223. The van der Waals surface area contributed by atoms with E-state index in [1.807, 2.05) is 25.1 Å². The molecule has 28 heavy (non-hydrogen) atoms. The van der Waals surface area contributed by atoms with E-state index in [1.54, 1.807) is 6.07 Å². The molecule has 1 aliphatic heterocycles. The van der Waals surface area contributed by atoms with Crippen molar-refractivity contribution in [2.24, 2.45) is 0 Å². The van der Waals surface area contributed by atoms with Crippen LogP contribution in [0, 0.1) is 5.82 Å². The van der Waals surface area contributed by atoms with Gasteiger partial charge < -0.3 is 10.1 Å². The highest BCUT2D eigenvalue weighted by molar-refractivity contribution is 6.36. The molecule has 0 bridgehead atoms. The summed E-state index contributed by atoms with van der Waals surface area (Å²) in [5, 5.41) is 12.2. The first-order chi connectivity index (χ1) is 13.5. The topological polar surface area (TPSA) is 49.9 Å². The van der Waals surface area contributed by atoms with Crippen LogP contribution in [0.15, 0.2) is 36.4 Å². The Morgan fingerprint density at radius 3 is 2.61 bits per heavy atom. The fraction of sp³-hybridized carbons (Fsp3) is 0.381. The van der Waals surface area contributed by atoms with Crippen molar-refractivity contribution in [1.82, 2.24) is 15.5 Å². The number of aromatic amines is 1. The molecule has 4 nitrogen and oxygen atoms in total. The van der Waals surface area contributed by atoms with Gasteiger partial charge in [-0.15, -0.1) is 0 Å². The van der Waals surface area contributed by atoms with Gasteiger partial charge in [0.25, 0.3) is 0 Å². The molecule has 3 aromatic rings. The normalized spacial score (nSPS) is 17.7. The lowest BCUT2D eigenvalue weighted by Crippen LogP contribution is -2.43. The van der Waals surface area contributed by atoms with E-state index in [0.29, 0.717) is 16.8 Å². The summed E-state index contributed by atoms with van der Waals surface area (Å²) < 4.78 is 19.8. The monoisotopic (exact) mass is 421 g/mol. The van der Waals surface area contributed by atoms with Gasteiger partial charge in [0.15, 0.2) is 5.15 Å². The Balaban J connectivity index is 1.60. The van der Waals surface area contributed by atoms with Crippen LogP contribution < -0.4 is 5.32 Å². The molecule has 4 rings (SSSR count). The largest absolute Gasteiger partial charge is 0.373 e. The summed E-state index contributed by atoms with van der Waals surface area (Å²) in [6, 6.07) is 10.5. The van der Waals surface area contributed by atoms with E-state index in [4.69, 9.17) is 27.9 Å². The number of hydrogen-bond acceptors (Lipinski definition) is 3.